The molecule has 19 heavy (non-hydrogen) atoms. The number of halogens is 1. The van der Waals surface area contributed by atoms with E-state index < -0.39 is 10.8 Å². The molecule has 0 bridgehead atoms. The number of hydrogen-bond donors (Lipinski definition) is 0. The summed E-state index contributed by atoms with van der Waals surface area (Å²) in [7, 11) is 1.03. The number of hydrogen-bond acceptors (Lipinski definition) is 3. The number of aromatic nitrogens is 4. The van der Waals surface area contributed by atoms with Crippen molar-refractivity contribution in [3.63, 3.8) is 0 Å². The fourth-order valence-corrected chi connectivity index (χ4v) is 3.42. The van der Waals surface area contributed by atoms with E-state index in [0.29, 0.717) is 5.75 Å². The Labute approximate surface area is 120 Å². The second-order valence-electron chi connectivity index (χ2n) is 4.93. The second kappa shape index (κ2) is 5.25. The largest absolute Gasteiger partial charge is 0.308 e. The summed E-state index contributed by atoms with van der Waals surface area (Å²) < 4.78 is 15.4. The van der Waals surface area contributed by atoms with E-state index in [1.165, 1.54) is 0 Å². The van der Waals surface area contributed by atoms with Crippen LogP contribution in [0.1, 0.15) is 36.8 Å². The summed E-state index contributed by atoms with van der Waals surface area (Å²) >= 11 is 6.23. The maximum absolute atomic E-state index is 11.5. The van der Waals surface area contributed by atoms with Gasteiger partial charge in [0.2, 0.25) is 0 Å². The van der Waals surface area contributed by atoms with Crippen LogP contribution in [-0.2, 0) is 17.8 Å². The Morgan fingerprint density at radius 1 is 1.42 bits per heavy atom. The monoisotopic (exact) mass is 302 g/mol. The first-order valence-electron chi connectivity index (χ1n) is 6.18. The highest BCUT2D eigenvalue weighted by atomic mass is 35.5. The lowest BCUT2D eigenvalue weighted by atomic mass is 10.3. The Morgan fingerprint density at radius 2 is 2.05 bits per heavy atom. The maximum Gasteiger partial charge on any atom is 0.158 e. The molecule has 0 saturated heterocycles. The van der Waals surface area contributed by atoms with Crippen LogP contribution in [0, 0.1) is 6.92 Å². The van der Waals surface area contributed by atoms with Gasteiger partial charge in [0, 0.05) is 35.9 Å². The highest BCUT2D eigenvalue weighted by molar-refractivity contribution is 7.84. The predicted octanol–water partition coefficient (Wildman–Crippen LogP) is 2.32. The fourth-order valence-electron chi connectivity index (χ4n) is 2.44. The molecular weight excluding hydrogens is 284 g/mol. The summed E-state index contributed by atoms with van der Waals surface area (Å²) in [6.07, 6.45) is 1.71. The summed E-state index contributed by atoms with van der Waals surface area (Å²) in [5.41, 5.74) is 2.70. The van der Waals surface area contributed by atoms with E-state index in [-0.39, 0.29) is 11.4 Å². The Hall–Kier alpha value is -0.880. The van der Waals surface area contributed by atoms with Gasteiger partial charge in [-0.3, -0.25) is 8.89 Å². The number of alkyl halides is 1. The normalized spacial score (nSPS) is 16.7. The van der Waals surface area contributed by atoms with E-state index in [1.54, 1.807) is 6.26 Å². The summed E-state index contributed by atoms with van der Waals surface area (Å²) in [5.74, 6) is 1.39. The van der Waals surface area contributed by atoms with Crippen molar-refractivity contribution >= 4 is 33.6 Å². The molecule has 3 atom stereocenters. The van der Waals surface area contributed by atoms with Crippen molar-refractivity contribution in [3.05, 3.63) is 11.5 Å². The molecule has 5 nitrogen and oxygen atoms in total. The van der Waals surface area contributed by atoms with Gasteiger partial charge >= 0.3 is 0 Å². The molecule has 0 radical (unpaired) electrons. The Kier molecular flexibility index (Phi) is 4.01. The van der Waals surface area contributed by atoms with Crippen LogP contribution in [-0.4, -0.2) is 35.5 Å². The number of aryl methyl sites for hydroxylation is 2. The van der Waals surface area contributed by atoms with Crippen LogP contribution in [0.5, 0.6) is 0 Å². The minimum Gasteiger partial charge on any atom is -0.308 e. The smallest absolute Gasteiger partial charge is 0.158 e. The Balaban J connectivity index is 2.67. The van der Waals surface area contributed by atoms with Gasteiger partial charge in [-0.25, -0.2) is 4.98 Å². The lowest BCUT2D eigenvalue weighted by molar-refractivity contribution is 0.566. The van der Waals surface area contributed by atoms with Crippen LogP contribution >= 0.6 is 11.6 Å². The van der Waals surface area contributed by atoms with Gasteiger partial charge in [0.05, 0.1) is 11.1 Å². The molecule has 0 aromatic carbocycles. The Morgan fingerprint density at radius 3 is 2.58 bits per heavy atom. The highest BCUT2D eigenvalue weighted by Crippen LogP contribution is 2.29. The molecule has 7 heteroatoms. The minimum absolute atomic E-state index is 0.0711. The van der Waals surface area contributed by atoms with Gasteiger partial charge in [-0.1, -0.05) is 0 Å². The van der Waals surface area contributed by atoms with Crippen molar-refractivity contribution in [1.82, 2.24) is 19.3 Å². The molecule has 0 spiro atoms. The average Bonchev–Trinajstić information content (AvgIpc) is 2.77. The van der Waals surface area contributed by atoms with Crippen LogP contribution in [0.15, 0.2) is 0 Å². The fraction of sp³-hybridized carbons (Fsp3) is 0.667. The third-order valence-electron chi connectivity index (χ3n) is 3.13. The van der Waals surface area contributed by atoms with Crippen molar-refractivity contribution in [3.8, 4) is 0 Å². The number of imidazole rings is 1. The van der Waals surface area contributed by atoms with Crippen molar-refractivity contribution in [2.75, 3.05) is 12.0 Å². The molecule has 3 unspecified atom stereocenters. The topological polar surface area (TPSA) is 52.7 Å². The van der Waals surface area contributed by atoms with E-state index in [4.69, 9.17) is 11.6 Å². The molecule has 2 aromatic rings. The van der Waals surface area contributed by atoms with Crippen LogP contribution in [0.3, 0.4) is 0 Å². The average molecular weight is 303 g/mol. The molecule has 2 heterocycles. The van der Waals surface area contributed by atoms with E-state index in [0.717, 1.165) is 22.7 Å². The van der Waals surface area contributed by atoms with Gasteiger partial charge in [0.1, 0.15) is 11.3 Å². The summed E-state index contributed by atoms with van der Waals surface area (Å²) in [6, 6.07) is 0.0711. The van der Waals surface area contributed by atoms with Gasteiger partial charge < -0.3 is 4.57 Å². The van der Waals surface area contributed by atoms with Crippen molar-refractivity contribution in [1.29, 1.82) is 0 Å². The zero-order chi connectivity index (χ0) is 14.3. The molecule has 0 amide bonds. The van der Waals surface area contributed by atoms with Gasteiger partial charge in [0.15, 0.2) is 5.65 Å². The second-order valence-corrected chi connectivity index (χ2v) is 7.06. The number of rotatable bonds is 4. The number of fused-ring (bicyclic) bond motifs is 1. The first-order valence-corrected chi connectivity index (χ1v) is 8.34. The molecule has 0 aliphatic heterocycles. The summed E-state index contributed by atoms with van der Waals surface area (Å²) in [5, 5.41) is 4.19. The molecule has 0 aliphatic carbocycles. The quantitative estimate of drug-likeness (QED) is 0.815. The summed E-state index contributed by atoms with van der Waals surface area (Å²) in [6.45, 7) is 5.87. The molecule has 0 saturated carbocycles. The van der Waals surface area contributed by atoms with E-state index >= 15 is 0 Å². The van der Waals surface area contributed by atoms with Crippen molar-refractivity contribution in [2.24, 2.45) is 7.05 Å². The molecule has 0 aliphatic rings. The number of nitrogens with zero attached hydrogens (tertiary/aromatic N) is 4. The highest BCUT2D eigenvalue weighted by Gasteiger charge is 2.23. The standard InChI is InChI=1S/C12H19ClN4OS/c1-7(6-19(5)18)17-11(8(2)13)14-10-9(3)15-16(4)12(10)17/h7-8H,6H2,1-5H3. The molecule has 0 fully saturated rings. The first-order chi connectivity index (χ1) is 8.82. The van der Waals surface area contributed by atoms with Crippen LogP contribution in [0.2, 0.25) is 0 Å². The molecule has 2 aromatic heterocycles. The van der Waals surface area contributed by atoms with Crippen molar-refractivity contribution < 1.29 is 4.21 Å². The molecule has 106 valence electrons. The molecule has 0 N–H and O–H groups in total. The van der Waals surface area contributed by atoms with E-state index in [2.05, 4.69) is 14.6 Å². The van der Waals surface area contributed by atoms with Gasteiger partial charge in [-0.05, 0) is 20.8 Å². The summed E-state index contributed by atoms with van der Waals surface area (Å²) in [4.78, 5) is 4.61. The third-order valence-corrected chi connectivity index (χ3v) is 4.28. The molecular formula is C12H19ClN4OS. The van der Waals surface area contributed by atoms with Gasteiger partial charge in [-0.2, -0.15) is 5.10 Å². The van der Waals surface area contributed by atoms with E-state index in [1.807, 2.05) is 32.5 Å². The maximum atomic E-state index is 11.5. The first kappa shape index (κ1) is 14.5. The van der Waals surface area contributed by atoms with E-state index in [9.17, 15) is 4.21 Å². The minimum atomic E-state index is -0.866. The SMILES string of the molecule is Cc1nn(C)c2c1nc(C(C)Cl)n2C(C)CS(C)=O. The van der Waals surface area contributed by atoms with Gasteiger partial charge in [-0.15, -0.1) is 11.6 Å². The van der Waals surface area contributed by atoms with Crippen molar-refractivity contribution in [2.45, 2.75) is 32.2 Å². The third kappa shape index (κ3) is 2.56. The molecule has 2 rings (SSSR count). The lowest BCUT2D eigenvalue weighted by Gasteiger charge is -2.17. The zero-order valence-corrected chi connectivity index (χ0v) is 13.4. The van der Waals surface area contributed by atoms with Crippen LogP contribution in [0.25, 0.3) is 11.2 Å². The van der Waals surface area contributed by atoms with Gasteiger partial charge in [0.25, 0.3) is 0 Å². The predicted molar refractivity (Wildman–Crippen MR) is 79.1 cm³/mol. The van der Waals surface area contributed by atoms with Crippen LogP contribution < -0.4 is 0 Å². The zero-order valence-electron chi connectivity index (χ0n) is 11.8. The van der Waals surface area contributed by atoms with Crippen LogP contribution in [0.4, 0.5) is 0 Å². The lowest BCUT2D eigenvalue weighted by Crippen LogP contribution is -2.17. The Bertz CT molecular complexity index is 631.